The van der Waals surface area contributed by atoms with Crippen molar-refractivity contribution in [3.63, 3.8) is 0 Å². The molecule has 0 saturated heterocycles. The van der Waals surface area contributed by atoms with E-state index in [0.717, 1.165) is 37.6 Å². The van der Waals surface area contributed by atoms with Crippen LogP contribution in [0.1, 0.15) is 153 Å². The van der Waals surface area contributed by atoms with E-state index >= 15 is 0 Å². The van der Waals surface area contributed by atoms with Gasteiger partial charge in [0.2, 0.25) is 0 Å². The highest BCUT2D eigenvalue weighted by atomic mass is 16.5. The summed E-state index contributed by atoms with van der Waals surface area (Å²) in [6.45, 7) is 10.5. The highest BCUT2D eigenvalue weighted by Crippen LogP contribution is 2.54. The first-order valence-electron chi connectivity index (χ1n) is 27.6. The topological polar surface area (TPSA) is 18.5 Å². The van der Waals surface area contributed by atoms with Gasteiger partial charge in [0.25, 0.3) is 0 Å². The molecule has 0 fully saturated rings. The summed E-state index contributed by atoms with van der Waals surface area (Å²) >= 11 is 0. The predicted molar refractivity (Wildman–Crippen MR) is 305 cm³/mol. The zero-order chi connectivity index (χ0) is 48.3. The van der Waals surface area contributed by atoms with E-state index in [-0.39, 0.29) is 0 Å². The Balaban J connectivity index is 1.19. The summed E-state index contributed by atoms with van der Waals surface area (Å²) in [7, 11) is 0. The van der Waals surface area contributed by atoms with E-state index in [0.29, 0.717) is 0 Å². The van der Waals surface area contributed by atoms with Gasteiger partial charge in [-0.25, -0.2) is 0 Å². The van der Waals surface area contributed by atoms with Gasteiger partial charge in [0.05, 0.1) is 13.2 Å². The molecule has 0 aliphatic heterocycles. The van der Waals surface area contributed by atoms with E-state index in [9.17, 15) is 0 Å². The van der Waals surface area contributed by atoms with Crippen LogP contribution in [-0.2, 0) is 0 Å². The number of benzene rings is 8. The van der Waals surface area contributed by atoms with Crippen LogP contribution in [0.25, 0.3) is 76.8 Å². The molecule has 0 N–H and O–H groups in total. The number of hydrogen-bond donors (Lipinski definition) is 0. The monoisotopic (exact) mass is 929 g/mol. The van der Waals surface area contributed by atoms with Crippen LogP contribution in [0.15, 0.2) is 146 Å². The summed E-state index contributed by atoms with van der Waals surface area (Å²) in [5.74, 6) is 1.86. The fraction of sp³-hybridized carbons (Fsp3) is 0.382. The number of rotatable bonds is 28. The first-order chi connectivity index (χ1) is 34.6. The molecule has 0 radical (unpaired) electrons. The summed E-state index contributed by atoms with van der Waals surface area (Å²) in [5.41, 5.74) is 12.2. The Morgan fingerprint density at radius 2 is 0.543 bits per heavy atom. The van der Waals surface area contributed by atoms with Crippen molar-refractivity contribution in [2.24, 2.45) is 0 Å². The van der Waals surface area contributed by atoms with Gasteiger partial charge in [0.1, 0.15) is 11.5 Å². The van der Waals surface area contributed by atoms with Crippen molar-refractivity contribution in [3.8, 4) is 56.0 Å². The van der Waals surface area contributed by atoms with Crippen LogP contribution in [0.3, 0.4) is 0 Å². The molecule has 2 nitrogen and oxygen atoms in total. The van der Waals surface area contributed by atoms with Gasteiger partial charge < -0.3 is 9.47 Å². The number of ether oxygens (including phenoxy) is 2. The van der Waals surface area contributed by atoms with Gasteiger partial charge in [-0.1, -0.05) is 262 Å². The van der Waals surface area contributed by atoms with Gasteiger partial charge in [-0.05, 0) is 128 Å². The molecule has 0 unspecified atom stereocenters. The van der Waals surface area contributed by atoms with Crippen LogP contribution in [-0.4, -0.2) is 13.2 Å². The smallest absolute Gasteiger partial charge is 0.119 e. The molecule has 0 amide bonds. The lowest BCUT2D eigenvalue weighted by molar-refractivity contribution is 0.304. The molecule has 0 atom stereocenters. The summed E-state index contributed by atoms with van der Waals surface area (Å²) in [4.78, 5) is 0. The van der Waals surface area contributed by atoms with Crippen molar-refractivity contribution < 1.29 is 9.47 Å². The van der Waals surface area contributed by atoms with Gasteiger partial charge in [-0.2, -0.15) is 0 Å². The van der Waals surface area contributed by atoms with Crippen LogP contribution in [0.2, 0.25) is 0 Å². The van der Waals surface area contributed by atoms with Crippen molar-refractivity contribution in [3.05, 3.63) is 157 Å². The summed E-state index contributed by atoms with van der Waals surface area (Å²) in [5, 5.41) is 7.60. The number of hydrogen-bond acceptors (Lipinski definition) is 2. The van der Waals surface area contributed by atoms with Crippen molar-refractivity contribution in [1.29, 1.82) is 0 Å². The molecule has 8 aromatic carbocycles. The zero-order valence-electron chi connectivity index (χ0n) is 43.2. The van der Waals surface area contributed by atoms with Gasteiger partial charge in [0.15, 0.2) is 0 Å². The van der Waals surface area contributed by atoms with Gasteiger partial charge in [-0.3, -0.25) is 0 Å². The fourth-order valence-electron chi connectivity index (χ4n) is 10.8. The quantitative estimate of drug-likeness (QED) is 0.0360. The maximum Gasteiger partial charge on any atom is 0.119 e. The van der Waals surface area contributed by atoms with Crippen LogP contribution < -0.4 is 9.47 Å². The minimum absolute atomic E-state index is 0.749. The van der Waals surface area contributed by atoms with Gasteiger partial charge >= 0.3 is 0 Å². The maximum atomic E-state index is 6.46. The highest BCUT2D eigenvalue weighted by molar-refractivity contribution is 6.35. The fourth-order valence-corrected chi connectivity index (χ4v) is 10.8. The Hall–Kier alpha value is -5.86. The average molecular weight is 929 g/mol. The van der Waals surface area contributed by atoms with E-state index in [4.69, 9.17) is 9.47 Å². The number of fused-ring (bicyclic) bond motifs is 6. The van der Waals surface area contributed by atoms with Crippen LogP contribution in [0.5, 0.6) is 11.5 Å². The molecule has 8 rings (SSSR count). The molecule has 2 heteroatoms. The second kappa shape index (κ2) is 26.4. The van der Waals surface area contributed by atoms with Crippen LogP contribution >= 0.6 is 0 Å². The molecule has 8 aromatic rings. The molecule has 364 valence electrons. The Kier molecular flexibility index (Phi) is 19.0. The lowest BCUT2D eigenvalue weighted by Crippen LogP contribution is -2.00. The molecular weight excluding hydrogens is 849 g/mol. The second-order valence-electron chi connectivity index (χ2n) is 20.2. The second-order valence-corrected chi connectivity index (χ2v) is 20.2. The Morgan fingerprint density at radius 3 is 0.871 bits per heavy atom. The average Bonchev–Trinajstić information content (AvgIpc) is 3.40. The third-order valence-electron chi connectivity index (χ3n) is 14.7. The number of unbranched alkanes of at least 4 members (excludes halogenated alkanes) is 18. The summed E-state index contributed by atoms with van der Waals surface area (Å²) in [6, 6.07) is 54.6. The first-order valence-corrected chi connectivity index (χ1v) is 27.6. The Bertz CT molecular complexity index is 2640. The molecule has 0 aromatic heterocycles. The molecule has 0 heterocycles. The van der Waals surface area contributed by atoms with Crippen molar-refractivity contribution in [1.82, 2.24) is 0 Å². The van der Waals surface area contributed by atoms with E-state index in [1.807, 2.05) is 0 Å². The molecule has 0 aliphatic rings. The van der Waals surface area contributed by atoms with Gasteiger partial charge in [0, 0.05) is 0 Å². The summed E-state index contributed by atoms with van der Waals surface area (Å²) in [6.07, 6.45) is 26.3. The highest BCUT2D eigenvalue weighted by Gasteiger charge is 2.27. The van der Waals surface area contributed by atoms with Gasteiger partial charge in [-0.15, -0.1) is 0 Å². The predicted octanol–water partition coefficient (Wildman–Crippen LogP) is 21.0. The lowest BCUT2D eigenvalue weighted by atomic mass is 9.76. The Morgan fingerprint density at radius 1 is 0.271 bits per heavy atom. The molecule has 70 heavy (non-hydrogen) atoms. The third-order valence-corrected chi connectivity index (χ3v) is 14.7. The zero-order valence-corrected chi connectivity index (χ0v) is 43.2. The number of aryl methyl sites for hydroxylation is 2. The lowest BCUT2D eigenvalue weighted by Gasteiger charge is -2.26. The summed E-state index contributed by atoms with van der Waals surface area (Å²) < 4.78 is 12.9. The molecule has 0 spiro atoms. The third kappa shape index (κ3) is 12.9. The van der Waals surface area contributed by atoms with E-state index in [1.165, 1.54) is 204 Å². The van der Waals surface area contributed by atoms with E-state index in [2.05, 4.69) is 173 Å². The van der Waals surface area contributed by atoms with Crippen LogP contribution in [0, 0.1) is 13.8 Å². The first kappa shape index (κ1) is 50.5. The minimum atomic E-state index is 0.749. The molecule has 0 saturated carbocycles. The van der Waals surface area contributed by atoms with E-state index < -0.39 is 0 Å². The molecule has 0 bridgehead atoms. The normalized spacial score (nSPS) is 11.5. The minimum Gasteiger partial charge on any atom is -0.494 e. The molecular formula is C68H80O2. The maximum absolute atomic E-state index is 6.46. The van der Waals surface area contributed by atoms with Crippen LogP contribution in [0.4, 0.5) is 0 Å². The largest absolute Gasteiger partial charge is 0.494 e. The Labute approximate surface area is 421 Å². The van der Waals surface area contributed by atoms with Crippen molar-refractivity contribution in [2.75, 3.05) is 13.2 Å². The van der Waals surface area contributed by atoms with Crippen molar-refractivity contribution in [2.45, 2.75) is 156 Å². The SMILES string of the molecule is CCCCCCCCCCCCOc1ccc(-c2c(-c3ccc(C)cc3)c(-c3ccc(C)cc3)c(-c3ccc(OCCCCCCCCCCCC)cc3)c3c4ccccc4c4ccccc4c23)cc1. The molecule has 0 aliphatic carbocycles. The van der Waals surface area contributed by atoms with E-state index in [1.54, 1.807) is 0 Å². The standard InChI is InChI=1S/C68H80O2/c1-5-7-9-11-13-15-17-19-21-27-49-69-57-45-41-55(42-46-57)65-63(53-37-33-51(3)34-38-53)64(54-39-35-52(4)36-40-54)66(68-62-32-26-24-30-60(62)59-29-23-25-31-61(59)67(65)68)56-43-47-58(48-44-56)70-50-28-22-20-18-16-14-12-10-8-6-2/h23-26,29-48H,5-22,27-28,49-50H2,1-4H3. The van der Waals surface area contributed by atoms with Crippen molar-refractivity contribution >= 4 is 32.3 Å².